The Bertz CT molecular complexity index is 2420. The van der Waals surface area contributed by atoms with Gasteiger partial charge in [-0.1, -0.05) is 12.1 Å². The molecule has 0 bridgehead atoms. The molecule has 1 saturated heterocycles. The average Bonchev–Trinajstić information content (AvgIpc) is 3.77. The van der Waals surface area contributed by atoms with E-state index < -0.39 is 53.0 Å². The summed E-state index contributed by atoms with van der Waals surface area (Å²) in [5.41, 5.74) is -0.422. The maximum atomic E-state index is 13.5. The first kappa shape index (κ1) is 43.4. The van der Waals surface area contributed by atoms with Crippen LogP contribution >= 0.6 is 11.3 Å². The van der Waals surface area contributed by atoms with Gasteiger partial charge >= 0.3 is 6.18 Å². The molecule has 0 radical (unpaired) electrons. The lowest BCUT2D eigenvalue weighted by Gasteiger charge is -2.38. The number of halogens is 3. The molecular formula is C45H50F3N7O6S. The number of amides is 5. The molecular weight excluding hydrogens is 824 g/mol. The van der Waals surface area contributed by atoms with E-state index in [1.165, 1.54) is 17.4 Å². The molecule has 8 rings (SSSR count). The highest BCUT2D eigenvalue weighted by atomic mass is 32.1. The van der Waals surface area contributed by atoms with Crippen LogP contribution < -0.4 is 16.0 Å². The van der Waals surface area contributed by atoms with Crippen molar-refractivity contribution in [2.75, 3.05) is 30.8 Å². The number of aromatic nitrogens is 2. The largest absolute Gasteiger partial charge is 0.433 e. The monoisotopic (exact) mass is 873 g/mol. The number of alkyl halides is 3. The molecule has 328 valence electrons. The van der Waals surface area contributed by atoms with Crippen molar-refractivity contribution in [3.05, 3.63) is 81.6 Å². The Morgan fingerprint density at radius 3 is 2.31 bits per heavy atom. The summed E-state index contributed by atoms with van der Waals surface area (Å²) in [5, 5.41) is 20.4. The van der Waals surface area contributed by atoms with Crippen LogP contribution in [0.25, 0.3) is 10.2 Å². The normalized spacial score (nSPS) is 23.5. The molecule has 4 aliphatic rings. The molecule has 0 spiro atoms. The molecule has 2 aliphatic heterocycles. The highest BCUT2D eigenvalue weighted by Gasteiger charge is 2.46. The molecule has 2 aromatic carbocycles. The number of carbonyl (C=O) groups is 5. The quantitative estimate of drug-likeness (QED) is 0.111. The highest BCUT2D eigenvalue weighted by Crippen LogP contribution is 2.42. The fraction of sp³-hybridized carbons (Fsp3) is 0.489. The summed E-state index contributed by atoms with van der Waals surface area (Å²) < 4.78 is 40.6. The van der Waals surface area contributed by atoms with E-state index in [1.54, 1.807) is 44.2 Å². The Labute approximate surface area is 360 Å². The minimum absolute atomic E-state index is 0.0700. The van der Waals surface area contributed by atoms with Gasteiger partial charge in [0.15, 0.2) is 0 Å². The zero-order valence-electron chi connectivity index (χ0n) is 34.8. The van der Waals surface area contributed by atoms with Crippen molar-refractivity contribution < 1.29 is 42.3 Å². The predicted octanol–water partition coefficient (Wildman–Crippen LogP) is 7.47. The molecule has 3 fully saturated rings. The van der Waals surface area contributed by atoms with Crippen LogP contribution in [0.5, 0.6) is 0 Å². The number of pyridine rings is 1. The number of rotatable bonds is 11. The van der Waals surface area contributed by atoms with E-state index in [0.29, 0.717) is 41.2 Å². The van der Waals surface area contributed by atoms with Gasteiger partial charge in [-0.3, -0.25) is 34.2 Å². The smallest absolute Gasteiger partial charge is 0.386 e. The fourth-order valence-corrected chi connectivity index (χ4v) is 10.7. The third kappa shape index (κ3) is 8.97. The number of piperidine rings is 1. The third-order valence-corrected chi connectivity index (χ3v) is 14.1. The lowest BCUT2D eigenvalue weighted by molar-refractivity contribution is -0.141. The van der Waals surface area contributed by atoms with Crippen molar-refractivity contribution in [2.45, 2.75) is 108 Å². The molecule has 4 N–H and O–H groups in total. The van der Waals surface area contributed by atoms with Crippen LogP contribution in [0.15, 0.2) is 48.5 Å². The molecule has 62 heavy (non-hydrogen) atoms. The second-order valence-corrected chi connectivity index (χ2v) is 18.8. The highest BCUT2D eigenvalue weighted by molar-refractivity contribution is 7.18. The SMILES string of the molecule is CN(CC1CCC(c2nc3cc(C(C)(C)O)c(NC(=O)c4cccc(C(F)(F)F)n4)cc3s2)CC1)C1CCC(CNc2cccc3c2C(=O)N(C2CCC(=O)NC2=O)C3=O)CC1. The molecule has 1 atom stereocenters. The van der Waals surface area contributed by atoms with E-state index >= 15 is 0 Å². The van der Waals surface area contributed by atoms with Gasteiger partial charge in [-0.25, -0.2) is 9.97 Å². The molecule has 1 unspecified atom stereocenters. The van der Waals surface area contributed by atoms with E-state index in [4.69, 9.17) is 4.98 Å². The Kier molecular flexibility index (Phi) is 12.0. The second kappa shape index (κ2) is 17.1. The number of imide groups is 2. The standard InChI is InChI=1S/C45H50F3N7O6S/c1-44(2,61)29-20-33-35(21-32(29)51-39(57)31-8-5-9-36(50-31)45(46,47)48)62-41(52-33)26-14-10-25(11-15-26)23-54(3)27-16-12-24(13-17-27)22-49-30-7-4-6-28-38(30)43(60)55(42(28)59)34-18-19-37(56)53-40(34)58/h4-9,20-21,24-27,34,49,61H,10-19,22-23H2,1-3H3,(H,51,57)(H,53,56,58). The zero-order chi connectivity index (χ0) is 44.1. The summed E-state index contributed by atoms with van der Waals surface area (Å²) in [5.74, 6) is -1.65. The van der Waals surface area contributed by atoms with Crippen LogP contribution in [0.1, 0.15) is 131 Å². The molecule has 13 nitrogen and oxygen atoms in total. The number of nitrogens with zero attached hydrogens (tertiary/aromatic N) is 4. The molecule has 2 saturated carbocycles. The topological polar surface area (TPSA) is 174 Å². The van der Waals surface area contributed by atoms with Gasteiger partial charge in [-0.15, -0.1) is 11.3 Å². The fourth-order valence-electron chi connectivity index (χ4n) is 9.54. The number of thiazole rings is 1. The maximum absolute atomic E-state index is 13.5. The predicted molar refractivity (Wildman–Crippen MR) is 227 cm³/mol. The van der Waals surface area contributed by atoms with Crippen molar-refractivity contribution in [2.24, 2.45) is 11.8 Å². The van der Waals surface area contributed by atoms with Crippen molar-refractivity contribution in [1.29, 1.82) is 0 Å². The van der Waals surface area contributed by atoms with Gasteiger partial charge in [0.25, 0.3) is 17.7 Å². The summed E-state index contributed by atoms with van der Waals surface area (Å²) in [6.07, 6.45) is 3.76. The number of carbonyl (C=O) groups excluding carboxylic acids is 5. The van der Waals surface area contributed by atoms with Gasteiger partial charge in [-0.05, 0) is 127 Å². The minimum Gasteiger partial charge on any atom is -0.386 e. The first-order valence-corrected chi connectivity index (χ1v) is 22.1. The third-order valence-electron chi connectivity index (χ3n) is 13.0. The molecule has 4 heterocycles. The number of nitrogens with one attached hydrogen (secondary N) is 3. The summed E-state index contributed by atoms with van der Waals surface area (Å²) in [6, 6.07) is 11.2. The number of aliphatic hydroxyl groups is 1. The summed E-state index contributed by atoms with van der Waals surface area (Å²) in [6.45, 7) is 4.83. The first-order valence-electron chi connectivity index (χ1n) is 21.3. The molecule has 2 aliphatic carbocycles. The van der Waals surface area contributed by atoms with Crippen LogP contribution in [0.3, 0.4) is 0 Å². The van der Waals surface area contributed by atoms with E-state index in [-0.39, 0.29) is 41.3 Å². The number of hydrogen-bond donors (Lipinski definition) is 4. The van der Waals surface area contributed by atoms with Gasteiger partial charge in [0, 0.05) is 48.4 Å². The molecule has 2 aromatic heterocycles. The van der Waals surface area contributed by atoms with Crippen LogP contribution in [-0.4, -0.2) is 86.6 Å². The van der Waals surface area contributed by atoms with Crippen molar-refractivity contribution >= 4 is 62.5 Å². The van der Waals surface area contributed by atoms with Crippen LogP contribution in [-0.2, 0) is 21.4 Å². The van der Waals surface area contributed by atoms with Crippen molar-refractivity contribution in [3.63, 3.8) is 0 Å². The zero-order valence-corrected chi connectivity index (χ0v) is 35.6. The van der Waals surface area contributed by atoms with E-state index in [1.807, 2.05) is 0 Å². The Hall–Kier alpha value is -5.26. The van der Waals surface area contributed by atoms with E-state index in [0.717, 1.165) is 84.7 Å². The van der Waals surface area contributed by atoms with E-state index in [9.17, 15) is 42.3 Å². The van der Waals surface area contributed by atoms with Gasteiger partial charge in [0.05, 0.1) is 32.0 Å². The van der Waals surface area contributed by atoms with E-state index in [2.05, 4.69) is 32.9 Å². The Balaban J connectivity index is 0.825. The van der Waals surface area contributed by atoms with Crippen molar-refractivity contribution in [3.8, 4) is 0 Å². The van der Waals surface area contributed by atoms with Crippen molar-refractivity contribution in [1.82, 2.24) is 25.1 Å². The van der Waals surface area contributed by atoms with Gasteiger partial charge in [-0.2, -0.15) is 13.2 Å². The average molecular weight is 874 g/mol. The first-order chi connectivity index (χ1) is 29.4. The number of benzene rings is 2. The van der Waals surface area contributed by atoms with Gasteiger partial charge in [0.2, 0.25) is 11.8 Å². The summed E-state index contributed by atoms with van der Waals surface area (Å²) in [7, 11) is 2.21. The lowest BCUT2D eigenvalue weighted by atomic mass is 9.81. The lowest BCUT2D eigenvalue weighted by Crippen LogP contribution is -2.54. The maximum Gasteiger partial charge on any atom is 0.433 e. The minimum atomic E-state index is -4.70. The van der Waals surface area contributed by atoms with Crippen LogP contribution in [0.4, 0.5) is 24.5 Å². The molecule has 4 aromatic rings. The number of fused-ring (bicyclic) bond motifs is 2. The van der Waals surface area contributed by atoms with Crippen LogP contribution in [0.2, 0.25) is 0 Å². The number of anilines is 2. The Morgan fingerprint density at radius 1 is 0.903 bits per heavy atom. The summed E-state index contributed by atoms with van der Waals surface area (Å²) in [4.78, 5) is 76.0. The molecule has 17 heteroatoms. The van der Waals surface area contributed by atoms with Gasteiger partial charge in [0.1, 0.15) is 17.4 Å². The Morgan fingerprint density at radius 2 is 1.61 bits per heavy atom. The summed E-state index contributed by atoms with van der Waals surface area (Å²) >= 11 is 1.54. The van der Waals surface area contributed by atoms with Gasteiger partial charge < -0.3 is 20.6 Å². The number of hydrogen-bond acceptors (Lipinski definition) is 11. The molecule has 5 amide bonds. The van der Waals surface area contributed by atoms with Crippen LogP contribution in [0, 0.1) is 11.8 Å². The second-order valence-electron chi connectivity index (χ2n) is 17.7.